The summed E-state index contributed by atoms with van der Waals surface area (Å²) in [6, 6.07) is 12.1. The van der Waals surface area contributed by atoms with Crippen LogP contribution in [0.2, 0.25) is 0 Å². The van der Waals surface area contributed by atoms with Crippen molar-refractivity contribution in [3.05, 3.63) is 82.0 Å². The molecule has 1 aliphatic carbocycles. The van der Waals surface area contributed by atoms with Crippen LogP contribution in [0.3, 0.4) is 0 Å². The fourth-order valence-corrected chi connectivity index (χ4v) is 6.98. The number of hydrogen-bond donors (Lipinski definition) is 0. The monoisotopic (exact) mass is 555 g/mol. The number of hydrogen-bond acceptors (Lipinski definition) is 6. The van der Waals surface area contributed by atoms with Crippen LogP contribution in [0.1, 0.15) is 51.9 Å². The first-order valence-electron chi connectivity index (χ1n) is 14.1. The summed E-state index contributed by atoms with van der Waals surface area (Å²) >= 11 is 1.74. The van der Waals surface area contributed by atoms with E-state index in [4.69, 9.17) is 9.72 Å². The number of rotatable bonds is 8. The first kappa shape index (κ1) is 26.6. The Labute approximate surface area is 240 Å². The van der Waals surface area contributed by atoms with Crippen LogP contribution in [0.15, 0.2) is 54.2 Å². The van der Waals surface area contributed by atoms with E-state index in [0.29, 0.717) is 18.7 Å². The van der Waals surface area contributed by atoms with Crippen molar-refractivity contribution in [1.82, 2.24) is 19.7 Å². The number of carbonyl (C=O) groups excluding carboxylic acids is 1. The van der Waals surface area contributed by atoms with Crippen LogP contribution in [-0.4, -0.2) is 45.7 Å². The number of fused-ring (bicyclic) bond motifs is 2. The van der Waals surface area contributed by atoms with E-state index in [1.54, 1.807) is 27.1 Å². The molecule has 208 valence electrons. The van der Waals surface area contributed by atoms with Gasteiger partial charge in [0.15, 0.2) is 5.13 Å². The van der Waals surface area contributed by atoms with Gasteiger partial charge in [-0.15, -0.1) is 11.3 Å². The average molecular weight is 556 g/mol. The topological polar surface area (TPSA) is 63.5 Å². The van der Waals surface area contributed by atoms with Crippen molar-refractivity contribution in [3.63, 3.8) is 0 Å². The SMILES string of the molecule is Cc1ccc(OCc2ccc(C(=O)N(C)Cc3cnn(C)c3)cc2C)c(-c2csc(N3C[C@H]4CC[C@@H](C4)C3)n2)c1. The number of aromatic nitrogens is 3. The van der Waals surface area contributed by atoms with Gasteiger partial charge in [-0.2, -0.15) is 5.10 Å². The number of benzene rings is 2. The molecule has 0 unspecified atom stereocenters. The van der Waals surface area contributed by atoms with Crippen LogP contribution in [0.4, 0.5) is 5.13 Å². The number of ether oxygens (including phenoxy) is 1. The summed E-state index contributed by atoms with van der Waals surface area (Å²) < 4.78 is 8.14. The Morgan fingerprint density at radius 3 is 2.65 bits per heavy atom. The van der Waals surface area contributed by atoms with E-state index >= 15 is 0 Å². The van der Waals surface area contributed by atoms with Crippen molar-refractivity contribution in [2.45, 2.75) is 46.3 Å². The summed E-state index contributed by atoms with van der Waals surface area (Å²) in [5, 5.41) is 7.49. The van der Waals surface area contributed by atoms with Crippen LogP contribution in [-0.2, 0) is 20.2 Å². The first-order chi connectivity index (χ1) is 19.3. The molecule has 0 spiro atoms. The largest absolute Gasteiger partial charge is 0.488 e. The molecule has 2 aromatic carbocycles. The number of piperidine rings is 1. The van der Waals surface area contributed by atoms with E-state index in [1.165, 1.54) is 24.8 Å². The van der Waals surface area contributed by atoms with Crippen LogP contribution < -0.4 is 9.64 Å². The van der Waals surface area contributed by atoms with E-state index in [2.05, 4.69) is 34.4 Å². The van der Waals surface area contributed by atoms with E-state index in [9.17, 15) is 4.79 Å². The smallest absolute Gasteiger partial charge is 0.253 e. The zero-order valence-electron chi connectivity index (χ0n) is 23.8. The lowest BCUT2D eigenvalue weighted by Crippen LogP contribution is -2.36. The summed E-state index contributed by atoms with van der Waals surface area (Å²) in [6.07, 6.45) is 7.84. The van der Waals surface area contributed by atoms with Gasteiger partial charge in [0.2, 0.25) is 0 Å². The Bertz CT molecular complexity index is 1510. The average Bonchev–Trinajstić information content (AvgIpc) is 3.68. The lowest BCUT2D eigenvalue weighted by molar-refractivity contribution is 0.0785. The Morgan fingerprint density at radius 2 is 1.93 bits per heavy atom. The van der Waals surface area contributed by atoms with Crippen molar-refractivity contribution in [2.24, 2.45) is 18.9 Å². The van der Waals surface area contributed by atoms with Gasteiger partial charge in [-0.1, -0.05) is 17.7 Å². The normalized spacial score (nSPS) is 18.2. The molecule has 1 aliphatic heterocycles. The minimum Gasteiger partial charge on any atom is -0.488 e. The summed E-state index contributed by atoms with van der Waals surface area (Å²) in [4.78, 5) is 22.3. The molecule has 1 amide bonds. The fraction of sp³-hybridized carbons (Fsp3) is 0.406. The van der Waals surface area contributed by atoms with Crippen LogP contribution in [0, 0.1) is 25.7 Å². The number of aryl methyl sites for hydroxylation is 3. The predicted molar refractivity (Wildman–Crippen MR) is 160 cm³/mol. The van der Waals surface area contributed by atoms with Crippen LogP contribution in [0.5, 0.6) is 5.75 Å². The van der Waals surface area contributed by atoms with Crippen molar-refractivity contribution >= 4 is 22.4 Å². The molecule has 4 aromatic rings. The lowest BCUT2D eigenvalue weighted by Gasteiger charge is -2.31. The van der Waals surface area contributed by atoms with Gasteiger partial charge in [-0.25, -0.2) is 4.98 Å². The van der Waals surface area contributed by atoms with E-state index in [0.717, 1.165) is 63.8 Å². The third-order valence-electron chi connectivity index (χ3n) is 8.28. The molecule has 0 radical (unpaired) electrons. The van der Waals surface area contributed by atoms with Gasteiger partial charge in [-0.05, 0) is 80.3 Å². The second-order valence-electron chi connectivity index (χ2n) is 11.6. The van der Waals surface area contributed by atoms with Crippen molar-refractivity contribution < 1.29 is 9.53 Å². The van der Waals surface area contributed by atoms with Gasteiger partial charge >= 0.3 is 0 Å². The summed E-state index contributed by atoms with van der Waals surface area (Å²) in [7, 11) is 3.70. The molecule has 7 nitrogen and oxygen atoms in total. The second kappa shape index (κ2) is 11.1. The van der Waals surface area contributed by atoms with Crippen LogP contribution >= 0.6 is 11.3 Å². The van der Waals surface area contributed by atoms with E-state index < -0.39 is 0 Å². The Kier molecular flexibility index (Phi) is 7.36. The Morgan fingerprint density at radius 1 is 1.12 bits per heavy atom. The molecular weight excluding hydrogens is 518 g/mol. The third kappa shape index (κ3) is 5.63. The Balaban J connectivity index is 1.14. The molecule has 6 rings (SSSR count). The van der Waals surface area contributed by atoms with E-state index in [1.807, 2.05) is 51.5 Å². The zero-order chi connectivity index (χ0) is 27.8. The second-order valence-corrected chi connectivity index (χ2v) is 12.4. The van der Waals surface area contributed by atoms with Crippen molar-refractivity contribution in [1.29, 1.82) is 0 Å². The van der Waals surface area contributed by atoms with Crippen molar-refractivity contribution in [2.75, 3.05) is 25.0 Å². The summed E-state index contributed by atoms with van der Waals surface area (Å²) in [5.41, 5.74) is 6.96. The highest BCUT2D eigenvalue weighted by atomic mass is 32.1. The van der Waals surface area contributed by atoms with Gasteiger partial charge in [0, 0.05) is 62.0 Å². The zero-order valence-corrected chi connectivity index (χ0v) is 24.6. The molecule has 2 aromatic heterocycles. The summed E-state index contributed by atoms with van der Waals surface area (Å²) in [6.45, 7) is 7.35. The molecule has 8 heteroatoms. The number of carbonyl (C=O) groups is 1. The highest BCUT2D eigenvalue weighted by Crippen LogP contribution is 2.40. The molecule has 1 saturated heterocycles. The molecule has 0 N–H and O–H groups in total. The molecule has 2 fully saturated rings. The summed E-state index contributed by atoms with van der Waals surface area (Å²) in [5.74, 6) is 2.48. The van der Waals surface area contributed by atoms with Gasteiger partial charge in [0.05, 0.1) is 11.9 Å². The highest BCUT2D eigenvalue weighted by molar-refractivity contribution is 7.14. The molecule has 2 atom stereocenters. The maximum Gasteiger partial charge on any atom is 0.253 e. The number of thiazole rings is 1. The number of anilines is 1. The molecular formula is C32H37N5O2S. The van der Waals surface area contributed by atoms with E-state index in [-0.39, 0.29) is 5.91 Å². The van der Waals surface area contributed by atoms with Gasteiger partial charge in [0.1, 0.15) is 12.4 Å². The first-order valence-corrected chi connectivity index (χ1v) is 15.0. The van der Waals surface area contributed by atoms with Crippen molar-refractivity contribution in [3.8, 4) is 17.0 Å². The Hall–Kier alpha value is -3.65. The quantitative estimate of drug-likeness (QED) is 0.257. The molecule has 2 bridgehead atoms. The van der Waals surface area contributed by atoms with Gasteiger partial charge in [0.25, 0.3) is 5.91 Å². The number of amides is 1. The highest BCUT2D eigenvalue weighted by Gasteiger charge is 2.34. The standard InChI is InChI=1S/C32H37N5O2S/c1-21-5-10-30(28(11-21)29-20-40-32(34-29)37-17-23-6-7-24(13-23)18-37)39-19-27-9-8-26(12-22(27)2)31(38)35(3)15-25-14-33-36(4)16-25/h5,8-12,14,16,20,23-24H,6-7,13,15,17-19H2,1-4H3/t23-,24-/m0/s1. The lowest BCUT2D eigenvalue weighted by atomic mass is 9.99. The fourth-order valence-electron chi connectivity index (χ4n) is 6.13. The minimum absolute atomic E-state index is 0.0127. The molecule has 1 saturated carbocycles. The van der Waals surface area contributed by atoms with Gasteiger partial charge < -0.3 is 14.5 Å². The van der Waals surface area contributed by atoms with Gasteiger partial charge in [-0.3, -0.25) is 9.48 Å². The maximum absolute atomic E-state index is 13.0. The van der Waals surface area contributed by atoms with Crippen LogP contribution in [0.25, 0.3) is 11.3 Å². The maximum atomic E-state index is 13.0. The molecule has 3 heterocycles. The number of nitrogens with zero attached hydrogens (tertiary/aromatic N) is 5. The third-order valence-corrected chi connectivity index (χ3v) is 9.18. The molecule has 2 aliphatic rings. The predicted octanol–water partition coefficient (Wildman–Crippen LogP) is 6.25. The minimum atomic E-state index is -0.0127. The molecule has 40 heavy (non-hydrogen) atoms.